The van der Waals surface area contributed by atoms with Gasteiger partial charge in [-0.3, -0.25) is 9.78 Å². The first-order valence-corrected chi connectivity index (χ1v) is 8.77. The second kappa shape index (κ2) is 8.19. The highest BCUT2D eigenvalue weighted by atomic mass is 16.5. The lowest BCUT2D eigenvalue weighted by Crippen LogP contribution is -2.54. The van der Waals surface area contributed by atoms with E-state index < -0.39 is 5.60 Å². The molecule has 0 spiro atoms. The van der Waals surface area contributed by atoms with Gasteiger partial charge in [0.15, 0.2) is 6.61 Å². The molecule has 1 N–H and O–H groups in total. The number of hydrogen-bond donors (Lipinski definition) is 1. The number of pyridine rings is 1. The van der Waals surface area contributed by atoms with Crippen LogP contribution < -0.4 is 9.47 Å². The van der Waals surface area contributed by atoms with Crippen molar-refractivity contribution >= 4 is 5.91 Å². The molecule has 1 atom stereocenters. The SMILES string of the molecule is Cc1ccccc1OC[C@]1(O)CCCN(C(=O)COc2cccnc2)C1. The summed E-state index contributed by atoms with van der Waals surface area (Å²) in [5.74, 6) is 1.16. The number of ether oxygens (including phenoxy) is 2. The molecule has 138 valence electrons. The molecular formula is C20H24N2O4. The molecule has 0 unspecified atom stereocenters. The molecule has 1 aliphatic rings. The molecule has 1 aromatic carbocycles. The number of likely N-dealkylation sites (tertiary alicyclic amines) is 1. The van der Waals surface area contributed by atoms with Crippen LogP contribution >= 0.6 is 0 Å². The van der Waals surface area contributed by atoms with Crippen molar-refractivity contribution in [3.8, 4) is 11.5 Å². The number of para-hydroxylation sites is 1. The smallest absolute Gasteiger partial charge is 0.260 e. The number of carbonyl (C=O) groups excluding carboxylic acids is 1. The van der Waals surface area contributed by atoms with Crippen LogP contribution in [0.5, 0.6) is 11.5 Å². The monoisotopic (exact) mass is 356 g/mol. The van der Waals surface area contributed by atoms with Gasteiger partial charge in [-0.1, -0.05) is 18.2 Å². The lowest BCUT2D eigenvalue weighted by Gasteiger charge is -2.38. The molecule has 1 fully saturated rings. The summed E-state index contributed by atoms with van der Waals surface area (Å²) in [5, 5.41) is 10.9. The molecule has 6 nitrogen and oxygen atoms in total. The first-order valence-electron chi connectivity index (χ1n) is 8.77. The van der Waals surface area contributed by atoms with Crippen molar-refractivity contribution in [3.63, 3.8) is 0 Å². The summed E-state index contributed by atoms with van der Waals surface area (Å²) in [4.78, 5) is 18.0. The van der Waals surface area contributed by atoms with Gasteiger partial charge >= 0.3 is 0 Å². The average molecular weight is 356 g/mol. The van der Waals surface area contributed by atoms with Gasteiger partial charge < -0.3 is 19.5 Å². The standard InChI is InChI=1S/C20H24N2O4/c1-16-6-2-3-8-18(16)26-15-20(24)9-5-11-22(14-20)19(23)13-25-17-7-4-10-21-12-17/h2-4,6-8,10,12,24H,5,9,11,13-15H2,1H3/t20-/m0/s1. The molecule has 3 rings (SSSR count). The normalized spacial score (nSPS) is 19.8. The summed E-state index contributed by atoms with van der Waals surface area (Å²) in [6.45, 7) is 2.91. The summed E-state index contributed by atoms with van der Waals surface area (Å²) in [6.07, 6.45) is 4.54. The Balaban J connectivity index is 1.54. The van der Waals surface area contributed by atoms with E-state index in [9.17, 15) is 9.90 Å². The minimum absolute atomic E-state index is 0.0690. The van der Waals surface area contributed by atoms with E-state index >= 15 is 0 Å². The quantitative estimate of drug-likeness (QED) is 0.859. The van der Waals surface area contributed by atoms with Gasteiger partial charge in [-0.05, 0) is 43.5 Å². The maximum absolute atomic E-state index is 12.4. The third-order valence-electron chi connectivity index (χ3n) is 4.49. The Hall–Kier alpha value is -2.60. The number of β-amino-alcohol motifs (C(OH)–C–C–N with tert-alkyl or cyclic N) is 1. The van der Waals surface area contributed by atoms with E-state index in [1.54, 1.807) is 29.4 Å². The topological polar surface area (TPSA) is 71.9 Å². The number of piperidine rings is 1. The molecule has 0 aliphatic carbocycles. The number of amides is 1. The molecule has 6 heteroatoms. The van der Waals surface area contributed by atoms with Gasteiger partial charge in [0, 0.05) is 12.7 Å². The molecule has 26 heavy (non-hydrogen) atoms. The van der Waals surface area contributed by atoms with E-state index in [2.05, 4.69) is 4.98 Å². The first kappa shape index (κ1) is 18.2. The van der Waals surface area contributed by atoms with E-state index in [1.807, 2.05) is 31.2 Å². The summed E-state index contributed by atoms with van der Waals surface area (Å²) in [6, 6.07) is 11.2. The summed E-state index contributed by atoms with van der Waals surface area (Å²) >= 11 is 0. The molecule has 1 saturated heterocycles. The lowest BCUT2D eigenvalue weighted by molar-refractivity contribution is -0.142. The molecular weight excluding hydrogens is 332 g/mol. The minimum Gasteiger partial charge on any atom is -0.490 e. The van der Waals surface area contributed by atoms with Crippen LogP contribution in [-0.4, -0.2) is 52.8 Å². The number of benzene rings is 1. The number of aliphatic hydroxyl groups is 1. The van der Waals surface area contributed by atoms with Gasteiger partial charge in [0.25, 0.3) is 5.91 Å². The minimum atomic E-state index is -1.05. The number of aryl methyl sites for hydroxylation is 1. The second-order valence-electron chi connectivity index (χ2n) is 6.67. The Labute approximate surface area is 153 Å². The molecule has 2 aromatic rings. The molecule has 0 bridgehead atoms. The Morgan fingerprint density at radius 3 is 2.88 bits per heavy atom. The predicted octanol–water partition coefficient (Wildman–Crippen LogP) is 2.20. The lowest BCUT2D eigenvalue weighted by atomic mass is 9.93. The van der Waals surface area contributed by atoms with Crippen molar-refractivity contribution < 1.29 is 19.4 Å². The van der Waals surface area contributed by atoms with Gasteiger partial charge in [-0.25, -0.2) is 0 Å². The number of rotatable bonds is 6. The van der Waals surface area contributed by atoms with Crippen molar-refractivity contribution in [1.29, 1.82) is 0 Å². The highest BCUT2D eigenvalue weighted by Gasteiger charge is 2.36. The molecule has 0 radical (unpaired) electrons. The molecule has 1 aromatic heterocycles. The van der Waals surface area contributed by atoms with Crippen LogP contribution in [0.1, 0.15) is 18.4 Å². The van der Waals surface area contributed by atoms with Gasteiger partial charge in [0.05, 0.1) is 12.7 Å². The van der Waals surface area contributed by atoms with Gasteiger partial charge in [0.2, 0.25) is 0 Å². The summed E-state index contributed by atoms with van der Waals surface area (Å²) in [5.41, 5.74) is -0.0328. The Morgan fingerprint density at radius 2 is 2.12 bits per heavy atom. The van der Waals surface area contributed by atoms with E-state index in [0.717, 1.165) is 17.7 Å². The fourth-order valence-electron chi connectivity index (χ4n) is 3.04. The van der Waals surface area contributed by atoms with Crippen LogP contribution in [0.15, 0.2) is 48.8 Å². The van der Waals surface area contributed by atoms with Crippen molar-refractivity contribution in [2.45, 2.75) is 25.4 Å². The van der Waals surface area contributed by atoms with Crippen LogP contribution in [-0.2, 0) is 4.79 Å². The summed E-state index contributed by atoms with van der Waals surface area (Å²) < 4.78 is 11.3. The zero-order valence-corrected chi connectivity index (χ0v) is 14.9. The maximum Gasteiger partial charge on any atom is 0.260 e. The molecule has 1 aliphatic heterocycles. The Bertz CT molecular complexity index is 738. The number of nitrogens with zero attached hydrogens (tertiary/aromatic N) is 2. The third kappa shape index (κ3) is 4.73. The van der Waals surface area contributed by atoms with Gasteiger partial charge in [-0.15, -0.1) is 0 Å². The number of hydrogen-bond acceptors (Lipinski definition) is 5. The maximum atomic E-state index is 12.4. The number of carbonyl (C=O) groups is 1. The van der Waals surface area contributed by atoms with Gasteiger partial charge in [0.1, 0.15) is 23.7 Å². The zero-order valence-electron chi connectivity index (χ0n) is 14.9. The Kier molecular flexibility index (Phi) is 5.73. The fraction of sp³-hybridized carbons (Fsp3) is 0.400. The van der Waals surface area contributed by atoms with E-state index in [4.69, 9.17) is 9.47 Å². The van der Waals surface area contributed by atoms with Crippen molar-refractivity contribution in [2.75, 3.05) is 26.3 Å². The third-order valence-corrected chi connectivity index (χ3v) is 4.49. The van der Waals surface area contributed by atoms with Crippen LogP contribution in [0.2, 0.25) is 0 Å². The first-order chi connectivity index (χ1) is 12.6. The van der Waals surface area contributed by atoms with Crippen LogP contribution in [0.3, 0.4) is 0 Å². The average Bonchev–Trinajstić information content (AvgIpc) is 2.66. The largest absolute Gasteiger partial charge is 0.490 e. The molecule has 0 saturated carbocycles. The van der Waals surface area contributed by atoms with Crippen molar-refractivity contribution in [2.24, 2.45) is 0 Å². The van der Waals surface area contributed by atoms with Crippen LogP contribution in [0, 0.1) is 6.92 Å². The summed E-state index contributed by atoms with van der Waals surface area (Å²) in [7, 11) is 0. The van der Waals surface area contributed by atoms with Crippen LogP contribution in [0.25, 0.3) is 0 Å². The van der Waals surface area contributed by atoms with E-state index in [0.29, 0.717) is 18.7 Å². The Morgan fingerprint density at radius 1 is 1.27 bits per heavy atom. The zero-order chi connectivity index (χ0) is 18.4. The van der Waals surface area contributed by atoms with Crippen molar-refractivity contribution in [1.82, 2.24) is 9.88 Å². The van der Waals surface area contributed by atoms with Crippen molar-refractivity contribution in [3.05, 3.63) is 54.4 Å². The second-order valence-corrected chi connectivity index (χ2v) is 6.67. The van der Waals surface area contributed by atoms with E-state index in [-0.39, 0.29) is 25.7 Å². The number of aromatic nitrogens is 1. The highest BCUT2D eigenvalue weighted by Crippen LogP contribution is 2.24. The highest BCUT2D eigenvalue weighted by molar-refractivity contribution is 5.78. The molecule has 2 heterocycles. The van der Waals surface area contributed by atoms with Gasteiger partial charge in [-0.2, -0.15) is 0 Å². The fourth-order valence-corrected chi connectivity index (χ4v) is 3.04. The van der Waals surface area contributed by atoms with Crippen LogP contribution in [0.4, 0.5) is 0 Å². The molecule has 1 amide bonds. The van der Waals surface area contributed by atoms with E-state index in [1.165, 1.54) is 0 Å². The predicted molar refractivity (Wildman–Crippen MR) is 97.2 cm³/mol.